The van der Waals surface area contributed by atoms with Crippen molar-refractivity contribution in [1.82, 2.24) is 14.7 Å². The van der Waals surface area contributed by atoms with Crippen LogP contribution in [0, 0.1) is 0 Å². The minimum absolute atomic E-state index is 0. The molecule has 0 aromatic heterocycles. The number of carbonyl (C=O) groups is 6. The molecule has 0 rings (SSSR count). The van der Waals surface area contributed by atoms with E-state index in [1.807, 2.05) is 0 Å². The Morgan fingerprint density at radius 3 is 0.549 bits per heavy atom. The Morgan fingerprint density at radius 1 is 0.353 bits per heavy atom. The quantitative estimate of drug-likeness (QED) is 0.0302. The second-order valence-corrected chi connectivity index (χ2v) is 12.8. The second-order valence-electron chi connectivity index (χ2n) is 9.74. The zero-order valence-electron chi connectivity index (χ0n) is 29.2. The first-order valence-corrected chi connectivity index (χ1v) is 16.9. The van der Waals surface area contributed by atoms with E-state index in [0.717, 1.165) is 0 Å². The Bertz CT molecular complexity index is 896. The van der Waals surface area contributed by atoms with Crippen LogP contribution in [0.25, 0.3) is 0 Å². The minimum atomic E-state index is -0.860. The van der Waals surface area contributed by atoms with Crippen molar-refractivity contribution in [2.75, 3.05) is 39.3 Å². The standard InChI is InChI=1S/3C9H15NO4S2.3Li/c3*11-7(12)3-1-5-10(9(15)16)6-2-4-8(13)14;;;/h3*1-6H2,(H,11,12)(H,13,14)(H,15,16);;;/q;;;3*+1/p-3. The van der Waals surface area contributed by atoms with Crippen LogP contribution in [0.3, 0.4) is 0 Å². The zero-order chi connectivity index (χ0) is 37.7. The van der Waals surface area contributed by atoms with E-state index < -0.39 is 35.8 Å². The summed E-state index contributed by atoms with van der Waals surface area (Å²) in [5.74, 6) is -5.16. The van der Waals surface area contributed by atoms with E-state index in [-0.39, 0.29) is 108 Å². The fraction of sp³-hybridized carbons (Fsp3) is 0.667. The summed E-state index contributed by atoms with van der Waals surface area (Å²) < 4.78 is 0.780. The van der Waals surface area contributed by atoms with E-state index >= 15 is 0 Å². The van der Waals surface area contributed by atoms with E-state index in [4.69, 9.17) is 105 Å². The summed E-state index contributed by atoms with van der Waals surface area (Å²) >= 11 is 28.9. The van der Waals surface area contributed by atoms with Crippen LogP contribution in [0.4, 0.5) is 0 Å². The molecule has 15 nitrogen and oxygen atoms in total. The molecule has 24 heteroatoms. The van der Waals surface area contributed by atoms with Gasteiger partial charge < -0.3 is 120 Å². The van der Waals surface area contributed by atoms with E-state index in [9.17, 15) is 28.8 Å². The summed E-state index contributed by atoms with van der Waals surface area (Å²) in [6, 6.07) is 0. The molecule has 0 bridgehead atoms. The van der Waals surface area contributed by atoms with Crippen molar-refractivity contribution in [2.45, 2.75) is 77.0 Å². The molecule has 0 fully saturated rings. The van der Waals surface area contributed by atoms with Gasteiger partial charge in [0, 0.05) is 77.8 Å². The van der Waals surface area contributed by atoms with Crippen LogP contribution < -0.4 is 56.6 Å². The van der Waals surface area contributed by atoms with Crippen LogP contribution in [-0.2, 0) is 66.7 Å². The SMILES string of the molecule is O=C(O)CCCN(CCCC(=O)O)C(=S)[S-].O=C(O)CCCN(CCCC(=O)O)C(=S)[S-].O=C(O)CCCN(CCCC(=O)O)C(=S)[S-].[Li+].[Li+].[Li+]. The molecule has 0 aliphatic carbocycles. The number of aliphatic carboxylic acids is 6. The molecule has 51 heavy (non-hydrogen) atoms. The van der Waals surface area contributed by atoms with Crippen LogP contribution in [0.5, 0.6) is 0 Å². The van der Waals surface area contributed by atoms with Gasteiger partial charge in [-0.25, -0.2) is 0 Å². The van der Waals surface area contributed by atoms with Gasteiger partial charge in [0.2, 0.25) is 0 Å². The van der Waals surface area contributed by atoms with Crippen LogP contribution >= 0.6 is 36.7 Å². The maximum Gasteiger partial charge on any atom is 1.00 e. The minimum Gasteiger partial charge on any atom is -0.481 e. The van der Waals surface area contributed by atoms with E-state index in [1.165, 1.54) is 0 Å². The maximum atomic E-state index is 10.3. The average Bonchev–Trinajstić information content (AvgIpc) is 2.94. The Balaban J connectivity index is -0.000000145. The zero-order valence-corrected chi connectivity index (χ0v) is 34.1. The van der Waals surface area contributed by atoms with Crippen molar-refractivity contribution in [3.05, 3.63) is 0 Å². The number of thiocarbonyl (C=S) groups is 3. The molecule has 0 aromatic carbocycles. The molecule has 0 saturated carbocycles. The maximum absolute atomic E-state index is 10.3. The third-order valence-corrected chi connectivity index (χ3v) is 7.24. The van der Waals surface area contributed by atoms with Crippen molar-refractivity contribution in [1.29, 1.82) is 0 Å². The summed E-state index contributed by atoms with van der Waals surface area (Å²) in [5, 5.41) is 50.8. The van der Waals surface area contributed by atoms with Gasteiger partial charge >= 0.3 is 92.4 Å². The third kappa shape index (κ3) is 48.9. The van der Waals surface area contributed by atoms with Crippen molar-refractivity contribution < 1.29 is 116 Å². The fourth-order valence-electron chi connectivity index (χ4n) is 3.41. The van der Waals surface area contributed by atoms with Gasteiger partial charge in [-0.3, -0.25) is 28.8 Å². The van der Waals surface area contributed by atoms with Crippen molar-refractivity contribution in [3.63, 3.8) is 0 Å². The summed E-state index contributed by atoms with van der Waals surface area (Å²) in [6.07, 6.45) is 3.12. The topological polar surface area (TPSA) is 234 Å². The van der Waals surface area contributed by atoms with E-state index in [0.29, 0.717) is 77.8 Å². The first-order valence-electron chi connectivity index (χ1n) is 14.5. The van der Waals surface area contributed by atoms with Crippen molar-refractivity contribution >= 4 is 123 Å². The monoisotopic (exact) mass is 813 g/mol. The molecule has 0 aromatic rings. The molecule has 0 aliphatic heterocycles. The van der Waals surface area contributed by atoms with Gasteiger partial charge in [-0.05, 0) is 38.5 Å². The van der Waals surface area contributed by atoms with Crippen LogP contribution in [-0.4, -0.2) is 133 Å². The normalized spacial score (nSPS) is 9.18. The molecular formula is C27H42Li3N3O12S6. The van der Waals surface area contributed by atoms with Gasteiger partial charge in [0.05, 0.1) is 0 Å². The van der Waals surface area contributed by atoms with Crippen molar-refractivity contribution in [3.8, 4) is 0 Å². The number of hydrogen-bond acceptors (Lipinski definition) is 12. The van der Waals surface area contributed by atoms with Gasteiger partial charge in [0.15, 0.2) is 0 Å². The Hall–Kier alpha value is -1.06. The van der Waals surface area contributed by atoms with Gasteiger partial charge in [-0.15, -0.1) is 0 Å². The average molecular weight is 814 g/mol. The second kappa shape index (κ2) is 40.1. The number of nitrogens with zero attached hydrogens (tertiary/aromatic N) is 3. The first kappa shape index (κ1) is 62.0. The smallest absolute Gasteiger partial charge is 0.481 e. The van der Waals surface area contributed by atoms with E-state index in [1.54, 1.807) is 14.7 Å². The summed E-state index contributed by atoms with van der Waals surface area (Å²) in [6.45, 7) is 2.80. The molecule has 0 spiro atoms. The summed E-state index contributed by atoms with van der Waals surface area (Å²) in [5.41, 5.74) is 0. The van der Waals surface area contributed by atoms with Gasteiger partial charge in [0.25, 0.3) is 0 Å². The number of rotatable bonds is 24. The molecule has 0 saturated heterocycles. The number of carboxylic acid groups (broad SMARTS) is 6. The molecule has 0 atom stereocenters. The Kier molecular flexibility index (Phi) is 48.8. The summed E-state index contributed by atoms with van der Waals surface area (Å²) in [4.78, 5) is 66.8. The molecule has 0 aliphatic rings. The molecule has 0 radical (unpaired) electrons. The molecule has 6 N–H and O–H groups in total. The first-order chi connectivity index (χ1) is 22.3. The molecule has 276 valence electrons. The molecule has 0 amide bonds. The predicted octanol–water partition coefficient (Wildman–Crippen LogP) is -6.44. The Morgan fingerprint density at radius 2 is 0.471 bits per heavy atom. The number of carboxylic acids is 6. The largest absolute Gasteiger partial charge is 1.00 e. The number of hydrogen-bond donors (Lipinski definition) is 6. The van der Waals surface area contributed by atoms with E-state index in [2.05, 4.69) is 0 Å². The Labute approximate surface area is 367 Å². The van der Waals surface area contributed by atoms with Crippen LogP contribution in [0.1, 0.15) is 77.0 Å². The molecular weight excluding hydrogens is 772 g/mol. The summed E-state index contributed by atoms with van der Waals surface area (Å²) in [7, 11) is 0. The molecule has 0 unspecified atom stereocenters. The predicted molar refractivity (Wildman–Crippen MR) is 196 cm³/mol. The van der Waals surface area contributed by atoms with Gasteiger partial charge in [-0.1, -0.05) is 13.0 Å². The van der Waals surface area contributed by atoms with Crippen LogP contribution in [0.15, 0.2) is 0 Å². The molecule has 0 heterocycles. The third-order valence-electron chi connectivity index (χ3n) is 5.69. The van der Waals surface area contributed by atoms with Crippen LogP contribution in [0.2, 0.25) is 0 Å². The van der Waals surface area contributed by atoms with Crippen molar-refractivity contribution in [2.24, 2.45) is 0 Å². The van der Waals surface area contributed by atoms with Gasteiger partial charge in [0.1, 0.15) is 0 Å². The van der Waals surface area contributed by atoms with Gasteiger partial charge in [-0.2, -0.15) is 0 Å². The fourth-order valence-corrected chi connectivity index (χ4v) is 4.51.